The number of hydrogen-bond acceptors (Lipinski definition) is 3. The molecule has 2 heterocycles. The van der Waals surface area contributed by atoms with Crippen LogP contribution in [0.1, 0.15) is 40.7 Å². The van der Waals surface area contributed by atoms with Crippen molar-refractivity contribution in [3.05, 3.63) is 70.8 Å². The second-order valence-corrected chi connectivity index (χ2v) is 8.20. The van der Waals surface area contributed by atoms with Crippen molar-refractivity contribution in [3.8, 4) is 0 Å². The number of nitrogens with zero attached hydrogens (tertiary/aromatic N) is 2. The van der Waals surface area contributed by atoms with E-state index in [1.54, 1.807) is 0 Å². The highest BCUT2D eigenvalue weighted by Gasteiger charge is 2.41. The van der Waals surface area contributed by atoms with Gasteiger partial charge >= 0.3 is 0 Å². The normalized spacial score (nSPS) is 28.9. The lowest BCUT2D eigenvalue weighted by Crippen LogP contribution is -2.46. The van der Waals surface area contributed by atoms with Crippen LogP contribution in [0.2, 0.25) is 0 Å². The molecule has 26 heavy (non-hydrogen) atoms. The standard InChI is InChI=1S/C23H28N2O/c1-24-10-12-25(13-11-24)16-19-15-22-20-8-4-2-6-17(20)14-18-7-3-5-9-21(18)23(22)26-19/h2-9,19,22-23H,10-16H2,1H3. The van der Waals surface area contributed by atoms with Crippen LogP contribution in [0, 0.1) is 0 Å². The summed E-state index contributed by atoms with van der Waals surface area (Å²) < 4.78 is 6.70. The summed E-state index contributed by atoms with van der Waals surface area (Å²) in [6.07, 6.45) is 2.73. The van der Waals surface area contributed by atoms with E-state index in [1.807, 2.05) is 0 Å². The first-order valence-electron chi connectivity index (χ1n) is 10.00. The van der Waals surface area contributed by atoms with Crippen LogP contribution < -0.4 is 0 Å². The minimum Gasteiger partial charge on any atom is -0.368 e. The maximum Gasteiger partial charge on any atom is 0.0901 e. The molecule has 3 unspecified atom stereocenters. The number of rotatable bonds is 2. The van der Waals surface area contributed by atoms with Crippen molar-refractivity contribution in [2.24, 2.45) is 0 Å². The van der Waals surface area contributed by atoms with Gasteiger partial charge in [0.25, 0.3) is 0 Å². The van der Waals surface area contributed by atoms with Gasteiger partial charge in [0.05, 0.1) is 12.2 Å². The molecule has 136 valence electrons. The molecule has 0 aromatic heterocycles. The Labute approximate surface area is 156 Å². The molecule has 2 fully saturated rings. The molecule has 0 bridgehead atoms. The van der Waals surface area contributed by atoms with Crippen molar-refractivity contribution >= 4 is 0 Å². The van der Waals surface area contributed by atoms with Crippen molar-refractivity contribution in [2.75, 3.05) is 39.8 Å². The summed E-state index contributed by atoms with van der Waals surface area (Å²) in [5, 5.41) is 0. The third kappa shape index (κ3) is 2.98. The van der Waals surface area contributed by atoms with E-state index in [0.717, 1.165) is 19.4 Å². The Kier molecular flexibility index (Phi) is 4.32. The molecule has 5 rings (SSSR count). The largest absolute Gasteiger partial charge is 0.368 e. The highest BCUT2D eigenvalue weighted by atomic mass is 16.5. The first-order valence-corrected chi connectivity index (χ1v) is 10.00. The van der Waals surface area contributed by atoms with Gasteiger partial charge in [0.2, 0.25) is 0 Å². The van der Waals surface area contributed by atoms with E-state index >= 15 is 0 Å². The van der Waals surface area contributed by atoms with Gasteiger partial charge in [0.1, 0.15) is 0 Å². The second kappa shape index (κ2) is 6.80. The Morgan fingerprint density at radius 2 is 1.54 bits per heavy atom. The predicted octanol–water partition coefficient (Wildman–Crippen LogP) is 3.45. The fourth-order valence-electron chi connectivity index (χ4n) is 5.02. The van der Waals surface area contributed by atoms with Crippen molar-refractivity contribution in [1.29, 1.82) is 0 Å². The fraction of sp³-hybridized carbons (Fsp3) is 0.478. The van der Waals surface area contributed by atoms with E-state index < -0.39 is 0 Å². The van der Waals surface area contributed by atoms with E-state index in [4.69, 9.17) is 4.74 Å². The molecular formula is C23H28N2O. The van der Waals surface area contributed by atoms with E-state index in [0.29, 0.717) is 12.0 Å². The Morgan fingerprint density at radius 1 is 0.885 bits per heavy atom. The fourth-order valence-corrected chi connectivity index (χ4v) is 5.02. The second-order valence-electron chi connectivity index (χ2n) is 8.20. The molecule has 1 aliphatic carbocycles. The van der Waals surface area contributed by atoms with Crippen LogP contribution >= 0.6 is 0 Å². The van der Waals surface area contributed by atoms with Gasteiger partial charge in [-0.3, -0.25) is 4.90 Å². The molecule has 3 atom stereocenters. The van der Waals surface area contributed by atoms with Crippen molar-refractivity contribution in [3.63, 3.8) is 0 Å². The molecule has 2 saturated heterocycles. The molecule has 2 aromatic carbocycles. The molecule has 2 aliphatic heterocycles. The SMILES string of the molecule is CN1CCN(CC2CC3c4ccccc4Cc4ccccc4C3O2)CC1. The summed E-state index contributed by atoms with van der Waals surface area (Å²) in [6.45, 7) is 5.75. The molecule has 0 amide bonds. The topological polar surface area (TPSA) is 15.7 Å². The van der Waals surface area contributed by atoms with Crippen LogP contribution in [0.3, 0.4) is 0 Å². The van der Waals surface area contributed by atoms with Crippen molar-refractivity contribution < 1.29 is 4.74 Å². The lowest BCUT2D eigenvalue weighted by atomic mass is 9.87. The van der Waals surface area contributed by atoms with Crippen LogP contribution in [-0.2, 0) is 11.2 Å². The Bertz CT molecular complexity index is 728. The number of piperazine rings is 1. The molecule has 3 heteroatoms. The van der Waals surface area contributed by atoms with Gasteiger partial charge in [-0.25, -0.2) is 0 Å². The molecule has 2 aromatic rings. The van der Waals surface area contributed by atoms with Gasteiger partial charge in [-0.05, 0) is 42.1 Å². The van der Waals surface area contributed by atoms with E-state index in [-0.39, 0.29) is 6.10 Å². The Morgan fingerprint density at radius 3 is 2.31 bits per heavy atom. The summed E-state index contributed by atoms with van der Waals surface area (Å²) in [7, 11) is 2.22. The van der Waals surface area contributed by atoms with E-state index in [1.165, 1.54) is 48.4 Å². The maximum atomic E-state index is 6.70. The molecule has 0 spiro atoms. The predicted molar refractivity (Wildman–Crippen MR) is 105 cm³/mol. The van der Waals surface area contributed by atoms with Gasteiger partial charge in [0, 0.05) is 38.6 Å². The summed E-state index contributed by atoms with van der Waals surface area (Å²) in [5.74, 6) is 0.493. The first kappa shape index (κ1) is 16.5. The number of hydrogen-bond donors (Lipinski definition) is 0. The third-order valence-corrected chi connectivity index (χ3v) is 6.48. The number of fused-ring (bicyclic) bond motifs is 5. The van der Waals surface area contributed by atoms with Crippen LogP contribution in [0.15, 0.2) is 48.5 Å². The zero-order valence-corrected chi connectivity index (χ0v) is 15.6. The average molecular weight is 348 g/mol. The molecular weight excluding hydrogens is 320 g/mol. The lowest BCUT2D eigenvalue weighted by molar-refractivity contribution is 0.0110. The van der Waals surface area contributed by atoms with Crippen molar-refractivity contribution in [1.82, 2.24) is 9.80 Å². The molecule has 0 radical (unpaired) electrons. The zero-order valence-electron chi connectivity index (χ0n) is 15.6. The number of likely N-dealkylation sites (N-methyl/N-ethyl adjacent to an activating group) is 1. The molecule has 0 N–H and O–H groups in total. The Hall–Kier alpha value is -1.68. The quantitative estimate of drug-likeness (QED) is 0.827. The van der Waals surface area contributed by atoms with E-state index in [9.17, 15) is 0 Å². The van der Waals surface area contributed by atoms with Gasteiger partial charge in [-0.2, -0.15) is 0 Å². The molecule has 0 saturated carbocycles. The zero-order chi connectivity index (χ0) is 17.5. The third-order valence-electron chi connectivity index (χ3n) is 6.48. The van der Waals surface area contributed by atoms with Gasteiger partial charge in [0.15, 0.2) is 0 Å². The first-order chi connectivity index (χ1) is 12.8. The minimum absolute atomic E-state index is 0.215. The summed E-state index contributed by atoms with van der Waals surface area (Å²) in [5.41, 5.74) is 5.84. The van der Waals surface area contributed by atoms with Crippen LogP contribution in [-0.4, -0.2) is 55.7 Å². The van der Waals surface area contributed by atoms with Crippen LogP contribution in [0.5, 0.6) is 0 Å². The summed E-state index contributed by atoms with van der Waals surface area (Å²) in [4.78, 5) is 5.01. The summed E-state index contributed by atoms with van der Waals surface area (Å²) >= 11 is 0. The van der Waals surface area contributed by atoms with Gasteiger partial charge in [-0.1, -0.05) is 48.5 Å². The highest BCUT2D eigenvalue weighted by Crippen LogP contribution is 2.49. The Balaban J connectivity index is 1.43. The van der Waals surface area contributed by atoms with Crippen LogP contribution in [0.4, 0.5) is 0 Å². The molecule has 3 aliphatic rings. The highest BCUT2D eigenvalue weighted by molar-refractivity contribution is 5.45. The van der Waals surface area contributed by atoms with Gasteiger partial charge in [-0.15, -0.1) is 0 Å². The smallest absolute Gasteiger partial charge is 0.0901 e. The molecule has 3 nitrogen and oxygen atoms in total. The monoisotopic (exact) mass is 348 g/mol. The van der Waals surface area contributed by atoms with Gasteiger partial charge < -0.3 is 9.64 Å². The van der Waals surface area contributed by atoms with Crippen LogP contribution in [0.25, 0.3) is 0 Å². The number of ether oxygens (including phenoxy) is 1. The lowest BCUT2D eigenvalue weighted by Gasteiger charge is -2.33. The average Bonchev–Trinajstić information content (AvgIpc) is 3.03. The maximum absolute atomic E-state index is 6.70. The number of benzene rings is 2. The van der Waals surface area contributed by atoms with E-state index in [2.05, 4.69) is 65.4 Å². The minimum atomic E-state index is 0.215. The summed E-state index contributed by atoms with van der Waals surface area (Å²) in [6, 6.07) is 17.9. The van der Waals surface area contributed by atoms with Crippen molar-refractivity contribution in [2.45, 2.75) is 31.0 Å².